The number of hydrogen-bond donors (Lipinski definition) is 1. The molecule has 1 rings (SSSR count). The van der Waals surface area contributed by atoms with Crippen molar-refractivity contribution in [2.75, 3.05) is 18.5 Å². The minimum atomic E-state index is -2.51. The highest BCUT2D eigenvalue weighted by Gasteiger charge is 2.16. The third-order valence-electron chi connectivity index (χ3n) is 2.07. The normalized spacial score (nSPS) is 10.6. The Balaban J connectivity index is 3.09. The zero-order chi connectivity index (χ0) is 12.3. The van der Waals surface area contributed by atoms with Crippen molar-refractivity contribution in [3.63, 3.8) is 0 Å². The van der Waals surface area contributed by atoms with Gasteiger partial charge in [-0.2, -0.15) is 0 Å². The molecule has 0 radical (unpaired) electrons. The van der Waals surface area contributed by atoms with Crippen LogP contribution in [0.5, 0.6) is 0 Å². The van der Waals surface area contributed by atoms with Crippen LogP contribution >= 0.6 is 0 Å². The highest BCUT2D eigenvalue weighted by atomic mass is 19.3. The van der Waals surface area contributed by atoms with E-state index in [2.05, 4.69) is 4.98 Å². The molecule has 6 heteroatoms. The van der Waals surface area contributed by atoms with Gasteiger partial charge in [-0.3, -0.25) is 4.98 Å². The van der Waals surface area contributed by atoms with Crippen molar-refractivity contribution in [1.82, 2.24) is 4.98 Å². The van der Waals surface area contributed by atoms with Gasteiger partial charge in [-0.15, -0.1) is 0 Å². The van der Waals surface area contributed by atoms with Crippen LogP contribution in [0.4, 0.5) is 14.5 Å². The van der Waals surface area contributed by atoms with Gasteiger partial charge in [-0.1, -0.05) is 0 Å². The van der Waals surface area contributed by atoms with Crippen molar-refractivity contribution >= 4 is 11.7 Å². The van der Waals surface area contributed by atoms with Crippen molar-refractivity contribution in [2.24, 2.45) is 0 Å². The zero-order valence-electron chi connectivity index (χ0n) is 8.94. The van der Waals surface area contributed by atoms with Crippen LogP contribution in [0.15, 0.2) is 12.3 Å². The van der Waals surface area contributed by atoms with Gasteiger partial charge in [0.05, 0.1) is 12.2 Å². The molecule has 0 fully saturated rings. The van der Waals surface area contributed by atoms with Gasteiger partial charge < -0.3 is 10.0 Å². The van der Waals surface area contributed by atoms with Gasteiger partial charge in [0, 0.05) is 18.9 Å². The lowest BCUT2D eigenvalue weighted by Crippen LogP contribution is -2.26. The van der Waals surface area contributed by atoms with Gasteiger partial charge in [-0.25, -0.2) is 13.6 Å². The van der Waals surface area contributed by atoms with Gasteiger partial charge in [0.2, 0.25) is 0 Å². The second-order valence-electron chi connectivity index (χ2n) is 3.42. The Hall–Kier alpha value is -1.72. The molecule has 1 N–H and O–H groups in total. The molecule has 0 spiro atoms. The number of alkyl halides is 2. The average Bonchev–Trinajstić information content (AvgIpc) is 2.15. The minimum absolute atomic E-state index is 0.0752. The summed E-state index contributed by atoms with van der Waals surface area (Å²) in [4.78, 5) is 15.9. The molecule has 0 unspecified atom stereocenters. The van der Waals surface area contributed by atoms with Gasteiger partial charge in [0.25, 0.3) is 6.43 Å². The number of hydrogen-bond acceptors (Lipinski definition) is 3. The molecule has 88 valence electrons. The number of halogens is 2. The smallest absolute Gasteiger partial charge is 0.339 e. The number of aromatic carboxylic acids is 1. The molecule has 1 aromatic heterocycles. The quantitative estimate of drug-likeness (QED) is 0.856. The molecule has 0 aromatic carbocycles. The highest BCUT2D eigenvalue weighted by molar-refractivity contribution is 5.94. The molecule has 0 aliphatic heterocycles. The standard InChI is InChI=1S/C10H12F2N2O2/c1-6-3-8(14(2)5-9(11)12)7(4-13-6)10(15)16/h3-4,9H,5H2,1-2H3,(H,15,16). The summed E-state index contributed by atoms with van der Waals surface area (Å²) in [7, 11) is 1.42. The molecular weight excluding hydrogens is 218 g/mol. The summed E-state index contributed by atoms with van der Waals surface area (Å²) in [6.45, 7) is 1.16. The van der Waals surface area contributed by atoms with Crippen LogP contribution in [0, 0.1) is 6.92 Å². The fraction of sp³-hybridized carbons (Fsp3) is 0.400. The van der Waals surface area contributed by atoms with Crippen molar-refractivity contribution in [3.05, 3.63) is 23.5 Å². The van der Waals surface area contributed by atoms with E-state index < -0.39 is 18.9 Å². The SMILES string of the molecule is Cc1cc(N(C)CC(F)F)c(C(=O)O)cn1. The fourth-order valence-electron chi connectivity index (χ4n) is 1.33. The first-order valence-corrected chi connectivity index (χ1v) is 4.61. The highest BCUT2D eigenvalue weighted by Crippen LogP contribution is 2.20. The van der Waals surface area contributed by atoms with E-state index in [4.69, 9.17) is 5.11 Å². The second-order valence-corrected chi connectivity index (χ2v) is 3.42. The van der Waals surface area contributed by atoms with Crippen molar-refractivity contribution in [1.29, 1.82) is 0 Å². The molecular formula is C10H12F2N2O2. The number of rotatable bonds is 4. The Bertz CT molecular complexity index is 396. The Morgan fingerprint density at radius 3 is 2.75 bits per heavy atom. The number of pyridine rings is 1. The fourth-order valence-corrected chi connectivity index (χ4v) is 1.33. The van der Waals surface area contributed by atoms with E-state index in [1.165, 1.54) is 24.2 Å². The molecule has 0 saturated heterocycles. The number of carbonyl (C=O) groups is 1. The summed E-state index contributed by atoms with van der Waals surface area (Å²) >= 11 is 0. The van der Waals surface area contributed by atoms with Crippen LogP contribution in [0.2, 0.25) is 0 Å². The summed E-state index contributed by atoms with van der Waals surface area (Å²) in [5.41, 5.74) is 0.759. The Kier molecular flexibility index (Phi) is 3.76. The lowest BCUT2D eigenvalue weighted by Gasteiger charge is -2.20. The molecule has 16 heavy (non-hydrogen) atoms. The second kappa shape index (κ2) is 4.87. The van der Waals surface area contributed by atoms with E-state index in [0.717, 1.165) is 0 Å². The minimum Gasteiger partial charge on any atom is -0.478 e. The number of carboxylic acid groups (broad SMARTS) is 1. The summed E-state index contributed by atoms with van der Waals surface area (Å²) in [5.74, 6) is -1.18. The monoisotopic (exact) mass is 230 g/mol. The van der Waals surface area contributed by atoms with Crippen LogP contribution in [0.1, 0.15) is 16.1 Å². The van der Waals surface area contributed by atoms with E-state index in [9.17, 15) is 13.6 Å². The third-order valence-corrected chi connectivity index (χ3v) is 2.07. The number of carboxylic acids is 1. The van der Waals surface area contributed by atoms with Crippen LogP contribution in [-0.4, -0.2) is 36.1 Å². The number of aryl methyl sites for hydroxylation is 1. The largest absolute Gasteiger partial charge is 0.478 e. The van der Waals surface area contributed by atoms with Gasteiger partial charge in [0.1, 0.15) is 5.56 Å². The maximum absolute atomic E-state index is 12.2. The van der Waals surface area contributed by atoms with Crippen LogP contribution in [0.25, 0.3) is 0 Å². The summed E-state index contributed by atoms with van der Waals surface area (Å²) in [5, 5.41) is 8.89. The first kappa shape index (κ1) is 12.4. The summed E-state index contributed by atoms with van der Waals surface area (Å²) in [6, 6.07) is 1.48. The summed E-state index contributed by atoms with van der Waals surface area (Å²) < 4.78 is 24.4. The topological polar surface area (TPSA) is 53.4 Å². The molecule has 0 amide bonds. The predicted molar refractivity (Wildman–Crippen MR) is 55.2 cm³/mol. The molecule has 0 aliphatic rings. The van der Waals surface area contributed by atoms with Gasteiger partial charge >= 0.3 is 5.97 Å². The number of anilines is 1. The third kappa shape index (κ3) is 2.88. The number of nitrogens with zero attached hydrogens (tertiary/aromatic N) is 2. The van der Waals surface area contributed by atoms with Crippen molar-refractivity contribution in [3.8, 4) is 0 Å². The Morgan fingerprint density at radius 1 is 1.62 bits per heavy atom. The summed E-state index contributed by atoms with van der Waals surface area (Å²) in [6.07, 6.45) is -1.34. The van der Waals surface area contributed by atoms with E-state index in [-0.39, 0.29) is 11.3 Å². The molecule has 1 heterocycles. The van der Waals surface area contributed by atoms with Crippen LogP contribution < -0.4 is 4.90 Å². The van der Waals surface area contributed by atoms with Crippen LogP contribution in [0.3, 0.4) is 0 Å². The van der Waals surface area contributed by atoms with Crippen molar-refractivity contribution < 1.29 is 18.7 Å². The van der Waals surface area contributed by atoms with E-state index in [1.54, 1.807) is 6.92 Å². The molecule has 0 saturated carbocycles. The molecule has 0 bridgehead atoms. The maximum atomic E-state index is 12.2. The Morgan fingerprint density at radius 2 is 2.25 bits per heavy atom. The zero-order valence-corrected chi connectivity index (χ0v) is 8.94. The maximum Gasteiger partial charge on any atom is 0.339 e. The van der Waals surface area contributed by atoms with E-state index in [1.807, 2.05) is 0 Å². The van der Waals surface area contributed by atoms with Gasteiger partial charge in [-0.05, 0) is 13.0 Å². The molecule has 0 atom stereocenters. The average molecular weight is 230 g/mol. The van der Waals surface area contributed by atoms with Crippen molar-refractivity contribution in [2.45, 2.75) is 13.3 Å². The molecule has 4 nitrogen and oxygen atoms in total. The first-order valence-electron chi connectivity index (χ1n) is 4.61. The van der Waals surface area contributed by atoms with E-state index >= 15 is 0 Å². The molecule has 0 aliphatic carbocycles. The molecule has 1 aromatic rings. The van der Waals surface area contributed by atoms with Gasteiger partial charge in [0.15, 0.2) is 0 Å². The predicted octanol–water partition coefficient (Wildman–Crippen LogP) is 1.79. The van der Waals surface area contributed by atoms with E-state index in [0.29, 0.717) is 5.69 Å². The Labute approximate surface area is 91.5 Å². The first-order chi connectivity index (χ1) is 7.41. The lowest BCUT2D eigenvalue weighted by molar-refractivity contribution is 0.0696. The number of aromatic nitrogens is 1. The van der Waals surface area contributed by atoms with Crippen LogP contribution in [-0.2, 0) is 0 Å². The lowest BCUT2D eigenvalue weighted by atomic mass is 10.2.